The van der Waals surface area contributed by atoms with Gasteiger partial charge in [0, 0.05) is 17.2 Å². The Bertz CT molecular complexity index is 1600. The zero-order valence-electron chi connectivity index (χ0n) is 20.4. The summed E-state index contributed by atoms with van der Waals surface area (Å²) in [7, 11) is 0. The molecule has 0 saturated carbocycles. The van der Waals surface area contributed by atoms with Gasteiger partial charge in [-0.05, 0) is 41.5 Å². The molecule has 1 saturated heterocycles. The van der Waals surface area contributed by atoms with Crippen LogP contribution in [0.25, 0.3) is 6.08 Å². The van der Waals surface area contributed by atoms with Crippen molar-refractivity contribution in [1.29, 1.82) is 10.5 Å². The maximum Gasteiger partial charge on any atom is 0.185 e. The van der Waals surface area contributed by atoms with Gasteiger partial charge in [0.25, 0.3) is 0 Å². The highest BCUT2D eigenvalue weighted by Crippen LogP contribution is 2.55. The Hall–Kier alpha value is -5.13. The zero-order chi connectivity index (χ0) is 26.1. The Labute approximate surface area is 221 Å². The lowest BCUT2D eigenvalue weighted by Gasteiger charge is -2.35. The predicted molar refractivity (Wildman–Crippen MR) is 146 cm³/mol. The molecule has 0 radical (unpaired) electrons. The Balaban J connectivity index is 1.55. The number of nitriles is 2. The molecule has 5 heteroatoms. The number of carbonyl (C=O) groups excluding carboxylic acids is 1. The number of para-hydroxylation sites is 2. The molecule has 0 aromatic heterocycles. The van der Waals surface area contributed by atoms with E-state index in [1.54, 1.807) is 12.1 Å². The maximum absolute atomic E-state index is 14.3. The molecule has 0 spiro atoms. The molecule has 5 nitrogen and oxygen atoms in total. The second-order valence-corrected chi connectivity index (χ2v) is 9.50. The van der Waals surface area contributed by atoms with E-state index in [1.807, 2.05) is 114 Å². The number of rotatable bonds is 5. The first-order valence-electron chi connectivity index (χ1n) is 12.5. The average Bonchev–Trinajstić information content (AvgIpc) is 3.29. The normalized spacial score (nSPS) is 20.5. The molecular weight excluding hydrogens is 470 g/mol. The summed E-state index contributed by atoms with van der Waals surface area (Å²) in [5, 5.41) is 21.3. The number of carbonyl (C=O) groups is 1. The van der Waals surface area contributed by atoms with E-state index in [-0.39, 0.29) is 5.78 Å². The van der Waals surface area contributed by atoms with Gasteiger partial charge in [-0.2, -0.15) is 10.5 Å². The van der Waals surface area contributed by atoms with Crippen LogP contribution in [-0.4, -0.2) is 17.9 Å². The Morgan fingerprint density at radius 3 is 2.18 bits per heavy atom. The van der Waals surface area contributed by atoms with Crippen molar-refractivity contribution in [3.8, 4) is 23.6 Å². The lowest BCUT2D eigenvalue weighted by molar-refractivity contribution is 0.0951. The second kappa shape index (κ2) is 9.39. The molecular formula is C33H23N3O2. The molecule has 0 bridgehead atoms. The quantitative estimate of drug-likeness (QED) is 0.287. The van der Waals surface area contributed by atoms with Gasteiger partial charge in [0.2, 0.25) is 0 Å². The number of anilines is 1. The molecule has 182 valence electrons. The zero-order valence-corrected chi connectivity index (χ0v) is 20.4. The fourth-order valence-corrected chi connectivity index (χ4v) is 5.78. The number of benzene rings is 4. The molecule has 0 aliphatic carbocycles. The molecule has 0 unspecified atom stereocenters. The fraction of sp³-hybridized carbons (Fsp3) is 0.121. The molecule has 6 rings (SSSR count). The van der Waals surface area contributed by atoms with Gasteiger partial charge in [-0.1, -0.05) is 91.0 Å². The summed E-state index contributed by atoms with van der Waals surface area (Å²) in [5.41, 5.74) is 1.52. The number of Topliss-reactive ketones (excluding diaryl/α,β-unsaturated/α-hetero) is 1. The minimum Gasteiger partial charge on any atom is -0.457 e. The van der Waals surface area contributed by atoms with E-state index in [0.717, 1.165) is 11.3 Å². The molecule has 2 heterocycles. The molecule has 2 aliphatic rings. The summed E-state index contributed by atoms with van der Waals surface area (Å²) in [4.78, 5) is 16.3. The second-order valence-electron chi connectivity index (χ2n) is 9.50. The first-order chi connectivity index (χ1) is 18.7. The SMILES string of the molecule is N#CC1(C#N)[C@H](c2cccc(Oc3ccccc3)c2)[C@H](C(=O)c2ccccc2)N2c3ccccc3C=C[C@@H]21. The lowest BCUT2D eigenvalue weighted by atomic mass is 9.69. The van der Waals surface area contributed by atoms with Crippen LogP contribution in [0.1, 0.15) is 27.4 Å². The summed E-state index contributed by atoms with van der Waals surface area (Å²) < 4.78 is 6.09. The van der Waals surface area contributed by atoms with E-state index in [1.165, 1.54) is 0 Å². The lowest BCUT2D eigenvalue weighted by Crippen LogP contribution is -2.44. The van der Waals surface area contributed by atoms with Gasteiger partial charge in [0.05, 0.1) is 18.2 Å². The van der Waals surface area contributed by atoms with Crippen LogP contribution in [0.2, 0.25) is 0 Å². The summed E-state index contributed by atoms with van der Waals surface area (Å²) in [5.74, 6) is 0.386. The monoisotopic (exact) mass is 493 g/mol. The summed E-state index contributed by atoms with van der Waals surface area (Å²) in [6, 6.07) is 37.1. The molecule has 0 amide bonds. The van der Waals surface area contributed by atoms with Crippen LogP contribution in [0.15, 0.2) is 115 Å². The van der Waals surface area contributed by atoms with Gasteiger partial charge in [-0.3, -0.25) is 4.79 Å². The summed E-state index contributed by atoms with van der Waals surface area (Å²) in [6.07, 6.45) is 3.84. The smallest absolute Gasteiger partial charge is 0.185 e. The highest BCUT2D eigenvalue weighted by Gasteiger charge is 2.63. The predicted octanol–water partition coefficient (Wildman–Crippen LogP) is 6.76. The van der Waals surface area contributed by atoms with Crippen molar-refractivity contribution in [1.82, 2.24) is 0 Å². The van der Waals surface area contributed by atoms with Gasteiger partial charge >= 0.3 is 0 Å². The molecule has 1 fully saturated rings. The van der Waals surface area contributed by atoms with Crippen molar-refractivity contribution >= 4 is 17.5 Å². The molecule has 38 heavy (non-hydrogen) atoms. The van der Waals surface area contributed by atoms with Crippen LogP contribution in [0.4, 0.5) is 5.69 Å². The number of hydrogen-bond acceptors (Lipinski definition) is 5. The van der Waals surface area contributed by atoms with Gasteiger partial charge in [0.1, 0.15) is 17.5 Å². The largest absolute Gasteiger partial charge is 0.457 e. The fourth-order valence-electron chi connectivity index (χ4n) is 5.78. The summed E-state index contributed by atoms with van der Waals surface area (Å²) >= 11 is 0. The van der Waals surface area contributed by atoms with Crippen LogP contribution in [-0.2, 0) is 0 Å². The van der Waals surface area contributed by atoms with Crippen molar-refractivity contribution < 1.29 is 9.53 Å². The van der Waals surface area contributed by atoms with Crippen LogP contribution in [0.3, 0.4) is 0 Å². The van der Waals surface area contributed by atoms with Crippen LogP contribution in [0, 0.1) is 28.1 Å². The first kappa shape index (κ1) is 23.3. The van der Waals surface area contributed by atoms with Crippen molar-refractivity contribution in [2.45, 2.75) is 18.0 Å². The van der Waals surface area contributed by atoms with Crippen molar-refractivity contribution in [2.24, 2.45) is 5.41 Å². The van der Waals surface area contributed by atoms with Gasteiger partial charge in [0.15, 0.2) is 11.2 Å². The van der Waals surface area contributed by atoms with Crippen molar-refractivity contribution in [2.75, 3.05) is 4.90 Å². The third-order valence-corrected chi connectivity index (χ3v) is 7.44. The minimum absolute atomic E-state index is 0.132. The number of nitrogens with zero attached hydrogens (tertiary/aromatic N) is 3. The minimum atomic E-state index is -1.51. The molecule has 4 aromatic carbocycles. The van der Waals surface area contributed by atoms with Crippen molar-refractivity contribution in [3.05, 3.63) is 132 Å². The molecule has 2 aliphatic heterocycles. The van der Waals surface area contributed by atoms with Gasteiger partial charge in [-0.25, -0.2) is 0 Å². The van der Waals surface area contributed by atoms with Gasteiger partial charge in [-0.15, -0.1) is 0 Å². The molecule has 0 N–H and O–H groups in total. The number of ether oxygens (including phenoxy) is 1. The van der Waals surface area contributed by atoms with Crippen LogP contribution in [0.5, 0.6) is 11.5 Å². The topological polar surface area (TPSA) is 77.1 Å². The average molecular weight is 494 g/mol. The van der Waals surface area contributed by atoms with Gasteiger partial charge < -0.3 is 9.64 Å². The number of hydrogen-bond donors (Lipinski definition) is 0. The van der Waals surface area contributed by atoms with Crippen LogP contribution >= 0.6 is 0 Å². The Morgan fingerprint density at radius 2 is 1.45 bits per heavy atom. The van der Waals surface area contributed by atoms with E-state index in [4.69, 9.17) is 4.74 Å². The van der Waals surface area contributed by atoms with E-state index in [0.29, 0.717) is 22.6 Å². The van der Waals surface area contributed by atoms with Crippen molar-refractivity contribution in [3.63, 3.8) is 0 Å². The van der Waals surface area contributed by atoms with E-state index in [2.05, 4.69) is 12.1 Å². The Kier molecular flexibility index (Phi) is 5.75. The number of fused-ring (bicyclic) bond motifs is 3. The third-order valence-electron chi connectivity index (χ3n) is 7.44. The standard InChI is InChI=1S/C33H23N3O2/c34-21-33(22-35)29-19-18-23-10-7-8-17-28(23)36(29)31(32(37)24-11-3-1-4-12-24)30(33)25-13-9-16-27(20-25)38-26-14-5-2-6-15-26/h1-20,29-31H/t29-,30-,31-/m1/s1. The maximum atomic E-state index is 14.3. The third kappa shape index (κ3) is 3.65. The first-order valence-corrected chi connectivity index (χ1v) is 12.5. The number of ketones is 1. The highest BCUT2D eigenvalue weighted by molar-refractivity contribution is 6.04. The summed E-state index contributed by atoms with van der Waals surface area (Å²) in [6.45, 7) is 0. The van der Waals surface area contributed by atoms with Crippen LogP contribution < -0.4 is 9.64 Å². The molecule has 3 atom stereocenters. The van der Waals surface area contributed by atoms with E-state index < -0.39 is 23.4 Å². The highest BCUT2D eigenvalue weighted by atomic mass is 16.5. The van der Waals surface area contributed by atoms with E-state index >= 15 is 0 Å². The Morgan fingerprint density at radius 1 is 0.789 bits per heavy atom. The molecule has 4 aromatic rings. The van der Waals surface area contributed by atoms with E-state index in [9.17, 15) is 15.3 Å².